The molecular weight excluding hydrogens is 304 g/mol. The molecule has 2 aliphatic rings. The van der Waals surface area contributed by atoms with Crippen molar-refractivity contribution in [3.8, 4) is 0 Å². The number of ether oxygens (including phenoxy) is 1. The summed E-state index contributed by atoms with van der Waals surface area (Å²) in [6.45, 7) is 2.09. The topological polar surface area (TPSA) is 75.7 Å². The molecule has 2 fully saturated rings. The molecule has 0 aromatic heterocycles. The molecule has 1 atom stereocenters. The van der Waals surface area contributed by atoms with Crippen LogP contribution in [-0.2, 0) is 14.6 Å². The Hall–Kier alpha value is -1.60. The van der Waals surface area contributed by atoms with E-state index in [1.54, 1.807) is 6.07 Å². The van der Waals surface area contributed by atoms with Gasteiger partial charge in [-0.3, -0.25) is 4.79 Å². The van der Waals surface area contributed by atoms with Crippen LogP contribution in [0.5, 0.6) is 0 Å². The van der Waals surface area contributed by atoms with Gasteiger partial charge in [-0.05, 0) is 18.6 Å². The molecule has 1 amide bonds. The highest BCUT2D eigenvalue weighted by Crippen LogP contribution is 2.22. The van der Waals surface area contributed by atoms with Crippen LogP contribution in [-0.4, -0.2) is 58.2 Å². The third-order valence-corrected chi connectivity index (χ3v) is 5.71. The number of hydrogen-bond donors (Lipinski definition) is 1. The van der Waals surface area contributed by atoms with Crippen LogP contribution >= 0.6 is 0 Å². The number of benzene rings is 1. The lowest BCUT2D eigenvalue weighted by Gasteiger charge is -2.30. The standard InChI is InChI=1S/C15H20N2O4S/c18-15(16-12-5-8-21-11-12)13-3-1-2-4-14(13)17-6-9-22(19,20)10-7-17/h1-4,12H,5-11H2,(H,16,18)/t12-/m0/s1. The van der Waals surface area contributed by atoms with Crippen LogP contribution in [0.15, 0.2) is 24.3 Å². The van der Waals surface area contributed by atoms with Gasteiger partial charge in [0.15, 0.2) is 9.84 Å². The molecule has 6 nitrogen and oxygen atoms in total. The minimum absolute atomic E-state index is 0.0577. The van der Waals surface area contributed by atoms with Crippen LogP contribution in [0.1, 0.15) is 16.8 Å². The zero-order valence-electron chi connectivity index (χ0n) is 12.3. The van der Waals surface area contributed by atoms with Crippen LogP contribution in [0.3, 0.4) is 0 Å². The van der Waals surface area contributed by atoms with Crippen LogP contribution in [0, 0.1) is 0 Å². The van der Waals surface area contributed by atoms with E-state index in [4.69, 9.17) is 4.74 Å². The first-order chi connectivity index (χ1) is 10.6. The maximum atomic E-state index is 12.5. The average Bonchev–Trinajstić information content (AvgIpc) is 3.00. The molecule has 0 bridgehead atoms. The summed E-state index contributed by atoms with van der Waals surface area (Å²) in [7, 11) is -2.93. The van der Waals surface area contributed by atoms with E-state index in [1.807, 2.05) is 23.1 Å². The molecule has 0 saturated carbocycles. The first-order valence-corrected chi connectivity index (χ1v) is 9.30. The highest BCUT2D eigenvalue weighted by molar-refractivity contribution is 7.91. The Bertz CT molecular complexity index is 639. The minimum Gasteiger partial charge on any atom is -0.379 e. The van der Waals surface area contributed by atoms with Crippen molar-refractivity contribution in [2.75, 3.05) is 42.7 Å². The molecule has 1 N–H and O–H groups in total. The van der Waals surface area contributed by atoms with Gasteiger partial charge in [0.2, 0.25) is 0 Å². The van der Waals surface area contributed by atoms with Crippen molar-refractivity contribution in [2.45, 2.75) is 12.5 Å². The molecule has 120 valence electrons. The molecule has 7 heteroatoms. The normalized spacial score (nSPS) is 24.2. The summed E-state index contributed by atoms with van der Waals surface area (Å²) >= 11 is 0. The summed E-state index contributed by atoms with van der Waals surface area (Å²) < 4.78 is 28.4. The molecule has 22 heavy (non-hydrogen) atoms. The van der Waals surface area contributed by atoms with Gasteiger partial charge < -0.3 is 15.0 Å². The molecule has 0 radical (unpaired) electrons. The van der Waals surface area contributed by atoms with Crippen LogP contribution in [0.2, 0.25) is 0 Å². The highest BCUT2D eigenvalue weighted by atomic mass is 32.2. The lowest BCUT2D eigenvalue weighted by Crippen LogP contribution is -2.42. The van der Waals surface area contributed by atoms with Crippen LogP contribution in [0.4, 0.5) is 5.69 Å². The lowest BCUT2D eigenvalue weighted by atomic mass is 10.1. The smallest absolute Gasteiger partial charge is 0.253 e. The van der Waals surface area contributed by atoms with E-state index in [-0.39, 0.29) is 23.5 Å². The fraction of sp³-hybridized carbons (Fsp3) is 0.533. The first kappa shape index (κ1) is 15.3. The number of nitrogens with one attached hydrogen (secondary N) is 1. The molecular formula is C15H20N2O4S. The van der Waals surface area contributed by atoms with E-state index in [1.165, 1.54) is 0 Å². The first-order valence-electron chi connectivity index (χ1n) is 7.48. The Kier molecular flexibility index (Phi) is 4.35. The number of anilines is 1. The number of rotatable bonds is 3. The summed E-state index contributed by atoms with van der Waals surface area (Å²) in [4.78, 5) is 14.5. The van der Waals surface area contributed by atoms with Gasteiger partial charge in [0.25, 0.3) is 5.91 Å². The maximum absolute atomic E-state index is 12.5. The molecule has 3 rings (SSSR count). The van der Waals surface area contributed by atoms with Gasteiger partial charge in [0.05, 0.1) is 29.7 Å². The number of carbonyl (C=O) groups excluding carboxylic acids is 1. The van der Waals surface area contributed by atoms with E-state index in [2.05, 4.69) is 5.32 Å². The third kappa shape index (κ3) is 3.41. The second kappa shape index (κ2) is 6.26. The molecule has 2 saturated heterocycles. The fourth-order valence-electron chi connectivity index (χ4n) is 2.81. The quantitative estimate of drug-likeness (QED) is 0.873. The van der Waals surface area contributed by atoms with Gasteiger partial charge in [-0.25, -0.2) is 8.42 Å². The molecule has 1 aromatic rings. The predicted molar refractivity (Wildman–Crippen MR) is 84.0 cm³/mol. The maximum Gasteiger partial charge on any atom is 0.253 e. The van der Waals surface area contributed by atoms with Gasteiger partial charge in [-0.2, -0.15) is 0 Å². The van der Waals surface area contributed by atoms with Crippen molar-refractivity contribution in [3.63, 3.8) is 0 Å². The number of para-hydroxylation sites is 1. The number of amides is 1. The summed E-state index contributed by atoms with van der Waals surface area (Å²) in [6.07, 6.45) is 0.829. The zero-order valence-corrected chi connectivity index (χ0v) is 13.1. The highest BCUT2D eigenvalue weighted by Gasteiger charge is 2.26. The van der Waals surface area contributed by atoms with Crippen molar-refractivity contribution < 1.29 is 17.9 Å². The predicted octanol–water partition coefficient (Wildman–Crippen LogP) is 0.440. The summed E-state index contributed by atoms with van der Waals surface area (Å²) in [5.74, 6) is 0.151. The molecule has 1 aromatic carbocycles. The van der Waals surface area contributed by atoms with Crippen molar-refractivity contribution in [1.82, 2.24) is 5.32 Å². The Morgan fingerprint density at radius 2 is 1.95 bits per heavy atom. The van der Waals surface area contributed by atoms with Crippen molar-refractivity contribution in [3.05, 3.63) is 29.8 Å². The number of sulfone groups is 1. The van der Waals surface area contributed by atoms with E-state index in [0.29, 0.717) is 31.9 Å². The number of hydrogen-bond acceptors (Lipinski definition) is 5. The van der Waals surface area contributed by atoms with Crippen molar-refractivity contribution >= 4 is 21.4 Å². The summed E-state index contributed by atoms with van der Waals surface area (Å²) in [5.41, 5.74) is 1.39. The zero-order chi connectivity index (χ0) is 15.6. The SMILES string of the molecule is O=C(N[C@H]1CCOC1)c1ccccc1N1CCS(=O)(=O)CC1. The molecule has 2 aliphatic heterocycles. The Labute approximate surface area is 130 Å². The lowest BCUT2D eigenvalue weighted by molar-refractivity contribution is 0.0930. The second-order valence-electron chi connectivity index (χ2n) is 5.69. The van der Waals surface area contributed by atoms with E-state index >= 15 is 0 Å². The van der Waals surface area contributed by atoms with E-state index in [0.717, 1.165) is 12.1 Å². The van der Waals surface area contributed by atoms with Crippen LogP contribution < -0.4 is 10.2 Å². The molecule has 0 aliphatic carbocycles. The largest absolute Gasteiger partial charge is 0.379 e. The minimum atomic E-state index is -2.93. The van der Waals surface area contributed by atoms with Gasteiger partial charge in [0.1, 0.15) is 0 Å². The fourth-order valence-corrected chi connectivity index (χ4v) is 4.01. The number of nitrogens with zero attached hydrogens (tertiary/aromatic N) is 1. The van der Waals surface area contributed by atoms with Crippen molar-refractivity contribution in [2.24, 2.45) is 0 Å². The van der Waals surface area contributed by atoms with Gasteiger partial charge in [-0.1, -0.05) is 12.1 Å². The van der Waals surface area contributed by atoms with E-state index < -0.39 is 9.84 Å². The van der Waals surface area contributed by atoms with Crippen molar-refractivity contribution in [1.29, 1.82) is 0 Å². The van der Waals surface area contributed by atoms with E-state index in [9.17, 15) is 13.2 Å². The molecule has 0 unspecified atom stereocenters. The number of carbonyl (C=O) groups is 1. The monoisotopic (exact) mass is 324 g/mol. The van der Waals surface area contributed by atoms with Crippen LogP contribution in [0.25, 0.3) is 0 Å². The van der Waals surface area contributed by atoms with Gasteiger partial charge in [-0.15, -0.1) is 0 Å². The average molecular weight is 324 g/mol. The Morgan fingerprint density at radius 3 is 2.64 bits per heavy atom. The molecule has 0 spiro atoms. The third-order valence-electron chi connectivity index (χ3n) is 4.10. The summed E-state index contributed by atoms with van der Waals surface area (Å²) in [5, 5.41) is 2.98. The molecule has 2 heterocycles. The Balaban J connectivity index is 1.76. The Morgan fingerprint density at radius 1 is 1.23 bits per heavy atom. The van der Waals surface area contributed by atoms with Gasteiger partial charge >= 0.3 is 0 Å². The second-order valence-corrected chi connectivity index (χ2v) is 7.99. The summed E-state index contributed by atoms with van der Waals surface area (Å²) in [6, 6.07) is 7.40. The van der Waals surface area contributed by atoms with Gasteiger partial charge in [0, 0.05) is 25.4 Å².